The van der Waals surface area contributed by atoms with Crippen LogP contribution in [-0.4, -0.2) is 43.0 Å². The molecule has 4 aliphatic rings. The van der Waals surface area contributed by atoms with Crippen LogP contribution in [0.3, 0.4) is 0 Å². The van der Waals surface area contributed by atoms with Gasteiger partial charge in [-0.25, -0.2) is 0 Å². The minimum absolute atomic E-state index is 0.00951. The topological polar surface area (TPSA) is 58.6 Å². The summed E-state index contributed by atoms with van der Waals surface area (Å²) in [6.07, 6.45) is 11.3. The lowest BCUT2D eigenvalue weighted by atomic mass is 9.47. The Morgan fingerprint density at radius 2 is 1.88 bits per heavy atom. The first-order valence-electron chi connectivity index (χ1n) is 13.2. The normalized spacial score (nSPS) is 38.7. The number of rotatable bonds is 6. The van der Waals surface area contributed by atoms with Gasteiger partial charge in [-0.3, -0.25) is 9.59 Å². The van der Waals surface area contributed by atoms with Crippen molar-refractivity contribution in [1.29, 1.82) is 0 Å². The minimum Gasteiger partial charge on any atom is -0.367 e. The number of likely N-dealkylation sites (N-methyl/N-ethyl adjacent to an activating group) is 1. The largest absolute Gasteiger partial charge is 0.367 e. The third-order valence-electron chi connectivity index (χ3n) is 10.2. The van der Waals surface area contributed by atoms with E-state index in [1.807, 2.05) is 48.4 Å². The summed E-state index contributed by atoms with van der Waals surface area (Å²) in [4.78, 5) is 26.7. The van der Waals surface area contributed by atoms with Crippen LogP contribution in [0.5, 0.6) is 0 Å². The van der Waals surface area contributed by atoms with E-state index in [1.165, 1.54) is 32.1 Å². The van der Waals surface area contributed by atoms with Gasteiger partial charge in [-0.15, -0.1) is 0 Å². The van der Waals surface area contributed by atoms with Gasteiger partial charge in [-0.2, -0.15) is 0 Å². The molecule has 5 nitrogen and oxygen atoms in total. The van der Waals surface area contributed by atoms with E-state index in [-0.39, 0.29) is 23.8 Å². The molecule has 1 N–H and O–H groups in total. The summed E-state index contributed by atoms with van der Waals surface area (Å²) in [6, 6.07) is 10.3. The zero-order chi connectivity index (χ0) is 23.9. The minimum atomic E-state index is -0.00951. The predicted octanol–water partition coefficient (Wildman–Crippen LogP) is 4.58. The molecule has 0 aromatic heterocycles. The Morgan fingerprint density at radius 3 is 2.68 bits per heavy atom. The first kappa shape index (κ1) is 23.6. The molecular weight excluding hydrogens is 424 g/mol. The number of ether oxygens (including phenoxy) is 1. The van der Waals surface area contributed by atoms with Crippen molar-refractivity contribution >= 4 is 11.8 Å². The molecule has 5 heteroatoms. The van der Waals surface area contributed by atoms with Crippen LogP contribution in [0.25, 0.3) is 0 Å². The van der Waals surface area contributed by atoms with E-state index in [1.54, 1.807) is 0 Å². The molecule has 34 heavy (non-hydrogen) atoms. The van der Waals surface area contributed by atoms with E-state index >= 15 is 0 Å². The fourth-order valence-electron chi connectivity index (χ4n) is 8.31. The van der Waals surface area contributed by atoms with Gasteiger partial charge in [-0.1, -0.05) is 50.3 Å². The van der Waals surface area contributed by atoms with Gasteiger partial charge in [0.05, 0.1) is 6.61 Å². The molecule has 0 radical (unpaired) electrons. The maximum Gasteiger partial charge on any atom is 0.246 e. The van der Waals surface area contributed by atoms with Crippen LogP contribution < -0.4 is 5.32 Å². The van der Waals surface area contributed by atoms with Gasteiger partial charge in [0.15, 0.2) is 0 Å². The SMILES string of the molecule is CN1C(=O)C=C[C@]2(C)[C@H]3CC[C@]4(C)[C@@H](CNC(=O)COCc5ccccc5)CC[C@H]4[C@@H]3CC[C@@H]12. The summed E-state index contributed by atoms with van der Waals surface area (Å²) < 4.78 is 5.63. The van der Waals surface area contributed by atoms with Crippen LogP contribution in [0.4, 0.5) is 0 Å². The van der Waals surface area contributed by atoms with Crippen molar-refractivity contribution in [2.45, 2.75) is 65.0 Å². The number of carbonyl (C=O) groups excluding carboxylic acids is 2. The molecule has 0 bridgehead atoms. The Bertz CT molecular complexity index is 946. The quantitative estimate of drug-likeness (QED) is 0.671. The molecule has 0 saturated heterocycles. The molecule has 1 aliphatic heterocycles. The molecule has 0 unspecified atom stereocenters. The van der Waals surface area contributed by atoms with Gasteiger partial charge < -0.3 is 15.0 Å². The van der Waals surface area contributed by atoms with Crippen molar-refractivity contribution in [3.63, 3.8) is 0 Å². The van der Waals surface area contributed by atoms with Gasteiger partial charge in [0, 0.05) is 25.0 Å². The summed E-state index contributed by atoms with van der Waals surface area (Å²) in [5, 5.41) is 3.19. The highest BCUT2D eigenvalue weighted by molar-refractivity contribution is 5.89. The van der Waals surface area contributed by atoms with E-state index in [4.69, 9.17) is 4.74 Å². The van der Waals surface area contributed by atoms with Crippen LogP contribution >= 0.6 is 0 Å². The van der Waals surface area contributed by atoms with Gasteiger partial charge in [-0.05, 0) is 79.3 Å². The number of nitrogens with one attached hydrogen (secondary N) is 1. The number of benzene rings is 1. The molecule has 3 fully saturated rings. The number of hydrogen-bond acceptors (Lipinski definition) is 3. The lowest BCUT2D eigenvalue weighted by molar-refractivity contribution is -0.139. The second-order valence-electron chi connectivity index (χ2n) is 11.7. The number of fused-ring (bicyclic) bond motifs is 5. The zero-order valence-electron chi connectivity index (χ0n) is 21.0. The number of amides is 2. The van der Waals surface area contributed by atoms with Crippen molar-refractivity contribution in [1.82, 2.24) is 10.2 Å². The maximum atomic E-state index is 12.5. The molecule has 1 aromatic carbocycles. The zero-order valence-corrected chi connectivity index (χ0v) is 21.0. The fourth-order valence-corrected chi connectivity index (χ4v) is 8.31. The lowest BCUT2D eigenvalue weighted by Gasteiger charge is -2.60. The van der Waals surface area contributed by atoms with E-state index in [2.05, 4.69) is 25.2 Å². The predicted molar refractivity (Wildman–Crippen MR) is 133 cm³/mol. The Hall–Kier alpha value is -2.14. The molecular formula is C29H40N2O3. The highest BCUT2D eigenvalue weighted by atomic mass is 16.5. The van der Waals surface area contributed by atoms with Gasteiger partial charge in [0.2, 0.25) is 11.8 Å². The van der Waals surface area contributed by atoms with E-state index < -0.39 is 0 Å². The van der Waals surface area contributed by atoms with Crippen molar-refractivity contribution in [3.8, 4) is 0 Å². The third-order valence-corrected chi connectivity index (χ3v) is 10.2. The van der Waals surface area contributed by atoms with E-state index in [0.717, 1.165) is 30.4 Å². The summed E-state index contributed by atoms with van der Waals surface area (Å²) in [7, 11) is 1.99. The summed E-state index contributed by atoms with van der Waals surface area (Å²) in [6.45, 7) is 6.23. The van der Waals surface area contributed by atoms with Crippen molar-refractivity contribution in [2.24, 2.45) is 34.5 Å². The second kappa shape index (κ2) is 9.14. The first-order valence-corrected chi connectivity index (χ1v) is 13.2. The standard InChI is InChI=1S/C29H40N2O3/c1-28-15-13-24-22(10-12-25-29(24,2)16-14-27(33)31(25)3)23(28)11-9-21(28)17-30-26(32)19-34-18-20-7-5-4-6-8-20/h4-8,14,16,21-25H,9-13,15,17-19H2,1-3H3,(H,30,32)/t21-,22+,23+,24+,25-,28-,29-/m1/s1. The van der Waals surface area contributed by atoms with Crippen molar-refractivity contribution < 1.29 is 14.3 Å². The number of hydrogen-bond donors (Lipinski definition) is 1. The molecule has 3 saturated carbocycles. The average Bonchev–Trinajstić information content (AvgIpc) is 3.17. The van der Waals surface area contributed by atoms with Crippen LogP contribution in [0.2, 0.25) is 0 Å². The maximum absolute atomic E-state index is 12.5. The second-order valence-corrected chi connectivity index (χ2v) is 11.7. The number of carbonyl (C=O) groups is 2. The molecule has 184 valence electrons. The molecule has 0 spiro atoms. The summed E-state index contributed by atoms with van der Waals surface area (Å²) >= 11 is 0. The fraction of sp³-hybridized carbons (Fsp3) is 0.655. The van der Waals surface area contributed by atoms with Crippen LogP contribution in [0.15, 0.2) is 42.5 Å². The lowest BCUT2D eigenvalue weighted by Crippen LogP contribution is -2.59. The molecule has 1 heterocycles. The van der Waals surface area contributed by atoms with Gasteiger partial charge >= 0.3 is 0 Å². The molecule has 2 amide bonds. The average molecular weight is 465 g/mol. The van der Waals surface area contributed by atoms with Crippen LogP contribution in [0, 0.1) is 34.5 Å². The first-order chi connectivity index (χ1) is 16.3. The molecule has 5 rings (SSSR count). The summed E-state index contributed by atoms with van der Waals surface area (Å²) in [5.41, 5.74) is 1.47. The van der Waals surface area contributed by atoms with E-state index in [0.29, 0.717) is 29.9 Å². The number of nitrogens with zero attached hydrogens (tertiary/aromatic N) is 1. The van der Waals surface area contributed by atoms with Crippen LogP contribution in [0.1, 0.15) is 57.9 Å². The van der Waals surface area contributed by atoms with Crippen molar-refractivity contribution in [3.05, 3.63) is 48.0 Å². The Balaban J connectivity index is 1.18. The molecule has 3 aliphatic carbocycles. The monoisotopic (exact) mass is 464 g/mol. The Morgan fingerprint density at radius 1 is 1.09 bits per heavy atom. The highest BCUT2D eigenvalue weighted by Crippen LogP contribution is 2.65. The highest BCUT2D eigenvalue weighted by Gasteiger charge is 2.60. The summed E-state index contributed by atoms with van der Waals surface area (Å²) in [5.74, 6) is 2.78. The van der Waals surface area contributed by atoms with Crippen molar-refractivity contribution in [2.75, 3.05) is 20.2 Å². The Labute approximate surface area is 204 Å². The van der Waals surface area contributed by atoms with Gasteiger partial charge in [0.1, 0.15) is 6.61 Å². The Kier molecular flexibility index (Phi) is 6.34. The molecule has 1 aromatic rings. The third kappa shape index (κ3) is 4.00. The smallest absolute Gasteiger partial charge is 0.246 e. The van der Waals surface area contributed by atoms with Crippen LogP contribution in [-0.2, 0) is 20.9 Å². The molecule has 7 atom stereocenters. The van der Waals surface area contributed by atoms with Gasteiger partial charge in [0.25, 0.3) is 0 Å². The van der Waals surface area contributed by atoms with E-state index in [9.17, 15) is 9.59 Å².